The summed E-state index contributed by atoms with van der Waals surface area (Å²) in [7, 11) is 1.75. The van der Waals surface area contributed by atoms with Crippen LogP contribution in [-0.4, -0.2) is 62.3 Å². The lowest BCUT2D eigenvalue weighted by molar-refractivity contribution is 0.196. The van der Waals surface area contributed by atoms with Crippen LogP contribution in [0.25, 0.3) is 0 Å². The van der Waals surface area contributed by atoms with Gasteiger partial charge < -0.3 is 15.0 Å². The van der Waals surface area contributed by atoms with Gasteiger partial charge in [0.2, 0.25) is 0 Å². The zero-order chi connectivity index (χ0) is 10.9. The van der Waals surface area contributed by atoms with Crippen molar-refractivity contribution in [1.29, 1.82) is 0 Å². The fourth-order valence-corrected chi connectivity index (χ4v) is 3.02. The summed E-state index contributed by atoms with van der Waals surface area (Å²) in [5.74, 6) is 1.30. The summed E-state index contributed by atoms with van der Waals surface area (Å²) in [5.41, 5.74) is 0. The molecule has 3 nitrogen and oxygen atoms in total. The van der Waals surface area contributed by atoms with Crippen molar-refractivity contribution in [3.63, 3.8) is 0 Å². The molecule has 1 aliphatic rings. The van der Waals surface area contributed by atoms with Crippen LogP contribution in [0, 0.1) is 0 Å². The van der Waals surface area contributed by atoms with E-state index in [9.17, 15) is 0 Å². The summed E-state index contributed by atoms with van der Waals surface area (Å²) < 4.78 is 4.99. The van der Waals surface area contributed by atoms with Crippen LogP contribution >= 0.6 is 11.8 Å². The third-order valence-corrected chi connectivity index (χ3v) is 4.14. The van der Waals surface area contributed by atoms with Crippen molar-refractivity contribution < 1.29 is 4.74 Å². The highest BCUT2D eigenvalue weighted by Gasteiger charge is 2.17. The molecule has 1 atom stereocenters. The van der Waals surface area contributed by atoms with E-state index in [1.165, 1.54) is 31.8 Å². The quantitative estimate of drug-likeness (QED) is 0.663. The van der Waals surface area contributed by atoms with Crippen LogP contribution in [0.4, 0.5) is 0 Å². The molecule has 1 unspecified atom stereocenters. The molecule has 0 aromatic carbocycles. The Labute approximate surface area is 97.9 Å². The normalized spacial score (nSPS) is 23.2. The monoisotopic (exact) mass is 232 g/mol. The third-order valence-electron chi connectivity index (χ3n) is 2.77. The Kier molecular flexibility index (Phi) is 7.44. The molecule has 0 saturated carbocycles. The number of nitrogens with one attached hydrogen (secondary N) is 1. The molecule has 0 aliphatic carbocycles. The largest absolute Gasteiger partial charge is 0.383 e. The summed E-state index contributed by atoms with van der Waals surface area (Å²) >= 11 is 2.13. The van der Waals surface area contributed by atoms with E-state index >= 15 is 0 Å². The van der Waals surface area contributed by atoms with Crippen LogP contribution in [0.15, 0.2) is 0 Å². The Hall–Kier alpha value is 0.230. The van der Waals surface area contributed by atoms with Crippen LogP contribution in [0.1, 0.15) is 13.3 Å². The second kappa shape index (κ2) is 8.39. The molecular formula is C11H24N2OS. The minimum absolute atomic E-state index is 0.813. The highest BCUT2D eigenvalue weighted by Crippen LogP contribution is 2.20. The van der Waals surface area contributed by atoms with E-state index in [1.54, 1.807) is 7.11 Å². The molecule has 90 valence electrons. The first-order valence-electron chi connectivity index (χ1n) is 5.90. The van der Waals surface area contributed by atoms with Gasteiger partial charge in [-0.15, -0.1) is 0 Å². The van der Waals surface area contributed by atoms with Crippen molar-refractivity contribution in [2.75, 3.05) is 52.2 Å². The number of hydrogen-bond acceptors (Lipinski definition) is 4. The summed E-state index contributed by atoms with van der Waals surface area (Å²) in [6, 6.07) is 0. The third kappa shape index (κ3) is 5.76. The van der Waals surface area contributed by atoms with E-state index in [0.29, 0.717) is 0 Å². The number of ether oxygens (including phenoxy) is 1. The first-order chi connectivity index (χ1) is 7.36. The first kappa shape index (κ1) is 13.3. The number of hydrogen-bond donors (Lipinski definition) is 1. The van der Waals surface area contributed by atoms with Crippen LogP contribution in [0.5, 0.6) is 0 Å². The van der Waals surface area contributed by atoms with Crippen molar-refractivity contribution in [1.82, 2.24) is 10.2 Å². The van der Waals surface area contributed by atoms with Gasteiger partial charge in [-0.05, 0) is 6.42 Å². The van der Waals surface area contributed by atoms with Crippen molar-refractivity contribution >= 4 is 11.8 Å². The van der Waals surface area contributed by atoms with Crippen molar-refractivity contribution in [2.24, 2.45) is 0 Å². The fourth-order valence-electron chi connectivity index (χ4n) is 1.77. The average Bonchev–Trinajstić information content (AvgIpc) is 2.29. The Morgan fingerprint density at radius 2 is 2.33 bits per heavy atom. The minimum atomic E-state index is 0.813. The van der Waals surface area contributed by atoms with Crippen LogP contribution in [-0.2, 0) is 4.74 Å². The van der Waals surface area contributed by atoms with E-state index in [4.69, 9.17) is 4.74 Å². The molecule has 0 aromatic heterocycles. The second-order valence-electron chi connectivity index (χ2n) is 3.94. The second-order valence-corrected chi connectivity index (χ2v) is 5.35. The lowest BCUT2D eigenvalue weighted by atomic mass is 10.3. The van der Waals surface area contributed by atoms with Gasteiger partial charge in [0.15, 0.2) is 0 Å². The molecule has 1 heterocycles. The van der Waals surface area contributed by atoms with Crippen molar-refractivity contribution in [2.45, 2.75) is 18.6 Å². The predicted molar refractivity (Wildman–Crippen MR) is 67.7 cm³/mol. The summed E-state index contributed by atoms with van der Waals surface area (Å²) in [4.78, 5) is 2.57. The zero-order valence-electron chi connectivity index (χ0n) is 10.00. The average molecular weight is 232 g/mol. The van der Waals surface area contributed by atoms with Gasteiger partial charge >= 0.3 is 0 Å². The van der Waals surface area contributed by atoms with Crippen molar-refractivity contribution in [3.8, 4) is 0 Å². The van der Waals surface area contributed by atoms with Crippen LogP contribution in [0.2, 0.25) is 0 Å². The first-order valence-corrected chi connectivity index (χ1v) is 6.95. The SMILES string of the molecule is CCC1CN(CCNCCOC)CCS1. The summed E-state index contributed by atoms with van der Waals surface area (Å²) in [6.07, 6.45) is 1.30. The Balaban J connectivity index is 2.00. The van der Waals surface area contributed by atoms with Gasteiger partial charge in [-0.1, -0.05) is 6.92 Å². The number of methoxy groups -OCH3 is 1. The molecule has 0 radical (unpaired) electrons. The molecule has 0 bridgehead atoms. The molecule has 1 aliphatic heterocycles. The van der Waals surface area contributed by atoms with Crippen molar-refractivity contribution in [3.05, 3.63) is 0 Å². The number of nitrogens with zero attached hydrogens (tertiary/aromatic N) is 1. The summed E-state index contributed by atoms with van der Waals surface area (Å²) in [6.45, 7) is 8.87. The van der Waals surface area contributed by atoms with Gasteiger partial charge in [0.1, 0.15) is 0 Å². The van der Waals surface area contributed by atoms with E-state index in [-0.39, 0.29) is 0 Å². The smallest absolute Gasteiger partial charge is 0.0587 e. The van der Waals surface area contributed by atoms with Gasteiger partial charge in [-0.2, -0.15) is 11.8 Å². The van der Waals surface area contributed by atoms with E-state index in [1.807, 2.05) is 0 Å². The molecule has 1 N–H and O–H groups in total. The standard InChI is InChI=1S/C11H24N2OS/c1-3-11-10-13(7-9-15-11)6-4-12-5-8-14-2/h11-12H,3-10H2,1-2H3. The van der Waals surface area contributed by atoms with Gasteiger partial charge in [0.25, 0.3) is 0 Å². The lowest BCUT2D eigenvalue weighted by Gasteiger charge is -2.31. The van der Waals surface area contributed by atoms with E-state index < -0.39 is 0 Å². The van der Waals surface area contributed by atoms with Crippen LogP contribution in [0.3, 0.4) is 0 Å². The van der Waals surface area contributed by atoms with E-state index in [0.717, 1.165) is 24.9 Å². The maximum Gasteiger partial charge on any atom is 0.0587 e. The fraction of sp³-hybridized carbons (Fsp3) is 1.00. The summed E-state index contributed by atoms with van der Waals surface area (Å²) in [5, 5.41) is 4.25. The molecule has 1 fully saturated rings. The molecule has 1 saturated heterocycles. The number of rotatable bonds is 7. The Morgan fingerprint density at radius 3 is 3.07 bits per heavy atom. The van der Waals surface area contributed by atoms with Gasteiger partial charge in [0, 0.05) is 50.8 Å². The molecule has 1 rings (SSSR count). The Bertz CT molecular complexity index is 158. The van der Waals surface area contributed by atoms with E-state index in [2.05, 4.69) is 28.9 Å². The topological polar surface area (TPSA) is 24.5 Å². The maximum atomic E-state index is 4.99. The zero-order valence-corrected chi connectivity index (χ0v) is 10.8. The van der Waals surface area contributed by atoms with Gasteiger partial charge in [0.05, 0.1) is 6.61 Å². The number of thioether (sulfide) groups is 1. The van der Waals surface area contributed by atoms with Gasteiger partial charge in [-0.3, -0.25) is 0 Å². The predicted octanol–water partition coefficient (Wildman–Crippen LogP) is 1.05. The van der Waals surface area contributed by atoms with Gasteiger partial charge in [-0.25, -0.2) is 0 Å². The maximum absolute atomic E-state index is 4.99. The minimum Gasteiger partial charge on any atom is -0.383 e. The molecule has 0 amide bonds. The highest BCUT2D eigenvalue weighted by molar-refractivity contribution is 8.00. The lowest BCUT2D eigenvalue weighted by Crippen LogP contribution is -2.41. The Morgan fingerprint density at radius 1 is 1.47 bits per heavy atom. The van der Waals surface area contributed by atoms with Crippen LogP contribution < -0.4 is 5.32 Å². The molecule has 0 aromatic rings. The molecule has 4 heteroatoms. The molecule has 15 heavy (non-hydrogen) atoms. The molecular weight excluding hydrogens is 208 g/mol. The molecule has 0 spiro atoms. The highest BCUT2D eigenvalue weighted by atomic mass is 32.2.